The number of ether oxygens (including phenoxy) is 1. The second-order valence-electron chi connectivity index (χ2n) is 18.7. The molecule has 0 unspecified atom stereocenters. The van der Waals surface area contributed by atoms with Gasteiger partial charge < -0.3 is 15.2 Å². The summed E-state index contributed by atoms with van der Waals surface area (Å²) in [6.45, 7) is -0.260. The summed E-state index contributed by atoms with van der Waals surface area (Å²) in [5.41, 5.74) is -7.39. The zero-order chi connectivity index (χ0) is 54.3. The van der Waals surface area contributed by atoms with Gasteiger partial charge in [-0.25, -0.2) is 34.9 Å². The average molecular weight is 1100 g/mol. The fraction of sp³-hybridized carbons (Fsp3) is 0.444. The maximum atomic E-state index is 15.6. The number of esters is 1. The lowest BCUT2D eigenvalue weighted by Gasteiger charge is -2.24. The van der Waals surface area contributed by atoms with Crippen LogP contribution in [0.25, 0.3) is 22.0 Å². The van der Waals surface area contributed by atoms with E-state index < -0.39 is 167 Å². The van der Waals surface area contributed by atoms with E-state index in [1.165, 1.54) is 27.7 Å². The number of anilines is 1. The molecule has 3 heterocycles. The molecule has 1 amide bonds. The van der Waals surface area contributed by atoms with Gasteiger partial charge in [0.25, 0.3) is 5.92 Å². The summed E-state index contributed by atoms with van der Waals surface area (Å²) in [6.07, 6.45) is -9.84. The van der Waals surface area contributed by atoms with E-state index in [-0.39, 0.29) is 33.5 Å². The Kier molecular flexibility index (Phi) is 14.1. The predicted molar refractivity (Wildman–Crippen MR) is 242 cm³/mol. The van der Waals surface area contributed by atoms with Gasteiger partial charge in [0.1, 0.15) is 40.9 Å². The number of sulfonamides is 1. The number of sulfone groups is 1. The minimum atomic E-state index is -5.22. The molecule has 3 atom stereocenters. The largest absolute Gasteiger partial charge is 0.443 e. The van der Waals surface area contributed by atoms with E-state index in [1.807, 2.05) is 0 Å². The van der Waals surface area contributed by atoms with Crippen molar-refractivity contribution >= 4 is 60.1 Å². The second kappa shape index (κ2) is 18.7. The van der Waals surface area contributed by atoms with E-state index in [9.17, 15) is 66.7 Å². The number of carbonyl (C=O) groups excluding carboxylic acids is 2. The zero-order valence-electron chi connectivity index (χ0n) is 39.0. The van der Waals surface area contributed by atoms with Crippen LogP contribution in [0.4, 0.5) is 49.7 Å². The van der Waals surface area contributed by atoms with Crippen LogP contribution in [-0.4, -0.2) is 95.1 Å². The molecule has 2 aromatic carbocycles. The van der Waals surface area contributed by atoms with Crippen LogP contribution < -0.4 is 9.62 Å². The molecule has 5 aromatic rings. The summed E-state index contributed by atoms with van der Waals surface area (Å²) in [5, 5.41) is 18.5. The molecule has 1 saturated carbocycles. The number of aliphatic hydroxyl groups is 1. The number of nitrogens with zero attached hydrogens (tertiary/aromatic N) is 6. The number of carbonyl (C=O) groups is 2. The molecule has 0 aliphatic heterocycles. The number of amides is 1. The van der Waals surface area contributed by atoms with Gasteiger partial charge in [0.15, 0.2) is 28.1 Å². The van der Waals surface area contributed by atoms with Gasteiger partial charge in [-0.3, -0.25) is 19.0 Å². The van der Waals surface area contributed by atoms with Crippen LogP contribution in [0, 0.1) is 34.8 Å². The summed E-state index contributed by atoms with van der Waals surface area (Å²) < 4.78 is 203. The molecule has 28 heteroatoms. The Labute approximate surface area is 414 Å². The molecular weight excluding hydrogens is 1060 g/mol. The summed E-state index contributed by atoms with van der Waals surface area (Å²) >= 11 is 6.65. The van der Waals surface area contributed by atoms with Crippen LogP contribution in [0.5, 0.6) is 0 Å². The molecule has 3 aromatic heterocycles. The molecule has 1 fully saturated rings. The van der Waals surface area contributed by atoms with Crippen molar-refractivity contribution < 1.29 is 80.2 Å². The molecule has 15 nitrogen and oxygen atoms in total. The van der Waals surface area contributed by atoms with Crippen molar-refractivity contribution in [2.75, 3.05) is 30.2 Å². The molecule has 0 spiro atoms. The van der Waals surface area contributed by atoms with E-state index >= 15 is 8.78 Å². The fourth-order valence-corrected chi connectivity index (χ4v) is 9.28. The molecular formula is C45H42ClF10N7O8S2. The number of rotatable bonds is 15. The van der Waals surface area contributed by atoms with Crippen molar-refractivity contribution in [2.24, 2.45) is 11.3 Å². The van der Waals surface area contributed by atoms with Gasteiger partial charge in [-0.1, -0.05) is 23.6 Å². The first-order valence-corrected chi connectivity index (χ1v) is 25.6. The topological polar surface area (TPSA) is 196 Å². The third kappa shape index (κ3) is 11.1. The lowest BCUT2D eigenvalue weighted by Crippen LogP contribution is -2.38. The maximum Gasteiger partial charge on any atom is 0.435 e. The highest BCUT2D eigenvalue weighted by molar-refractivity contribution is 7.92. The van der Waals surface area contributed by atoms with E-state index in [0.29, 0.717) is 21.3 Å². The number of benzene rings is 2. The fourth-order valence-electron chi connectivity index (χ4n) is 8.12. The molecule has 394 valence electrons. The van der Waals surface area contributed by atoms with Crippen LogP contribution in [-0.2, 0) is 65.8 Å². The lowest BCUT2D eigenvalue weighted by molar-refractivity contribution is -0.155. The predicted octanol–water partition coefficient (Wildman–Crippen LogP) is 7.58. The van der Waals surface area contributed by atoms with Crippen molar-refractivity contribution in [3.63, 3.8) is 0 Å². The van der Waals surface area contributed by atoms with Crippen LogP contribution in [0.1, 0.15) is 80.0 Å². The summed E-state index contributed by atoms with van der Waals surface area (Å²) in [5.74, 6) is -7.01. The summed E-state index contributed by atoms with van der Waals surface area (Å²) in [4.78, 5) is 31.6. The monoisotopic (exact) mass is 1100 g/mol. The summed E-state index contributed by atoms with van der Waals surface area (Å²) in [7, 11) is -8.56. The van der Waals surface area contributed by atoms with Gasteiger partial charge in [-0.05, 0) is 88.3 Å². The minimum absolute atomic E-state index is 0.192. The number of pyridine rings is 1. The quantitative estimate of drug-likeness (QED) is 0.0454. The second-order valence-corrected chi connectivity index (χ2v) is 23.6. The van der Waals surface area contributed by atoms with Crippen molar-refractivity contribution in [3.8, 4) is 23.0 Å². The van der Waals surface area contributed by atoms with Gasteiger partial charge in [0.2, 0.25) is 15.9 Å². The highest BCUT2D eigenvalue weighted by atomic mass is 35.5. The van der Waals surface area contributed by atoms with Crippen molar-refractivity contribution in [1.29, 1.82) is 0 Å². The summed E-state index contributed by atoms with van der Waals surface area (Å²) in [6, 6.07) is 4.84. The molecule has 2 aliphatic rings. The molecule has 0 bridgehead atoms. The van der Waals surface area contributed by atoms with Gasteiger partial charge in [-0.2, -0.15) is 45.3 Å². The Balaban J connectivity index is 1.47. The van der Waals surface area contributed by atoms with Gasteiger partial charge in [0.05, 0.1) is 45.9 Å². The Morgan fingerprint density at radius 1 is 0.959 bits per heavy atom. The minimum Gasteiger partial charge on any atom is -0.443 e. The number of hydrogen-bond acceptors (Lipinski definition) is 11. The first kappa shape index (κ1) is 54.8. The average Bonchev–Trinajstić information content (AvgIpc) is 3.76. The maximum absolute atomic E-state index is 15.6. The van der Waals surface area contributed by atoms with Crippen molar-refractivity contribution in [3.05, 3.63) is 93.0 Å². The van der Waals surface area contributed by atoms with Crippen LogP contribution in [0.2, 0.25) is 5.02 Å². The number of halogens is 11. The number of nitrogens with one attached hydrogen (secondary N) is 1. The Morgan fingerprint density at radius 3 is 2.16 bits per heavy atom. The van der Waals surface area contributed by atoms with Gasteiger partial charge >= 0.3 is 18.3 Å². The highest BCUT2D eigenvalue weighted by Crippen LogP contribution is 2.68. The SMILES string of the molecule is CC(C)(CO)C(=O)OCN(c1nn(CC(F)(F)F)c2c(-c3ccc(C#CC(C)(C)S(C)(=O)=O)nc3[C@H](Cc3cc(F)cc(F)c3)NC(=O)Cn3nc(C(F)(F)F)c4c3C(F)(F)[C@@H]3C[C@H]43)ccc(Cl)c12)S(C)(=O)=O. The van der Waals surface area contributed by atoms with E-state index in [2.05, 4.69) is 32.3 Å². The van der Waals surface area contributed by atoms with Crippen LogP contribution in [0.15, 0.2) is 42.5 Å². The van der Waals surface area contributed by atoms with E-state index in [0.717, 1.165) is 42.7 Å². The van der Waals surface area contributed by atoms with Crippen molar-refractivity contribution in [1.82, 2.24) is 29.9 Å². The standard InChI is InChI=1S/C45H42ClF10N7O8S2/c1-41(2,20-64)40(66)71-21-63(73(6,69)70)39-34-30(46)10-9-27(36(34)62(60-39)19-43(49,50)51)26-8-7-25(11-12-42(3,4)72(5,67)68)57-35(26)31(15-22-13-23(47)16-24(48)14-22)58-32(65)18-61-38-33(37(59-61)45(54,55)56)28-17-29(28)44(38,52)53/h7-10,13-14,16,28-29,31,64H,15,17-21H2,1-6H3,(H,58,65)/t28-,29+,31-/m0/s1. The Bertz CT molecular complexity index is 3350. The van der Waals surface area contributed by atoms with Crippen LogP contribution in [0.3, 0.4) is 0 Å². The Hall–Kier alpha value is -5.98. The Morgan fingerprint density at radius 2 is 1.59 bits per heavy atom. The first-order valence-electron chi connectivity index (χ1n) is 21.5. The molecule has 2 N–H and O–H groups in total. The number of fused-ring (bicyclic) bond motifs is 4. The number of aromatic nitrogens is 5. The molecule has 0 saturated heterocycles. The third-order valence-electron chi connectivity index (χ3n) is 12.2. The lowest BCUT2D eigenvalue weighted by atomic mass is 9.93. The highest BCUT2D eigenvalue weighted by Gasteiger charge is 2.68. The number of alkyl halides is 8. The molecule has 0 radical (unpaired) electrons. The molecule has 2 aliphatic carbocycles. The smallest absolute Gasteiger partial charge is 0.435 e. The molecule has 7 rings (SSSR count). The van der Waals surface area contributed by atoms with Crippen LogP contribution >= 0.6 is 11.6 Å². The zero-order valence-corrected chi connectivity index (χ0v) is 41.4. The van der Waals surface area contributed by atoms with E-state index in [1.54, 1.807) is 0 Å². The molecule has 73 heavy (non-hydrogen) atoms. The first-order chi connectivity index (χ1) is 33.4. The van der Waals surface area contributed by atoms with Gasteiger partial charge in [0, 0.05) is 34.9 Å². The van der Waals surface area contributed by atoms with Gasteiger partial charge in [-0.15, -0.1) is 0 Å². The van der Waals surface area contributed by atoms with Crippen molar-refractivity contribution in [2.45, 2.75) is 88.6 Å². The number of aliphatic hydroxyl groups excluding tert-OH is 1. The number of hydrogen-bond donors (Lipinski definition) is 2. The normalized spacial score (nSPS) is 17.1. The van der Waals surface area contributed by atoms with E-state index in [4.69, 9.17) is 16.3 Å². The third-order valence-corrected chi connectivity index (χ3v) is 15.6.